The van der Waals surface area contributed by atoms with Gasteiger partial charge in [0.15, 0.2) is 0 Å². The highest BCUT2D eigenvalue weighted by Gasteiger charge is 2.44. The fourth-order valence-electron chi connectivity index (χ4n) is 3.95. The summed E-state index contributed by atoms with van der Waals surface area (Å²) < 4.78 is 32.1. The summed E-state index contributed by atoms with van der Waals surface area (Å²) in [5, 5.41) is 2.99. The van der Waals surface area contributed by atoms with Crippen LogP contribution in [0.5, 0.6) is 0 Å². The number of ether oxygens (including phenoxy) is 1. The lowest BCUT2D eigenvalue weighted by Crippen LogP contribution is -2.53. The van der Waals surface area contributed by atoms with Crippen LogP contribution in [0.1, 0.15) is 44.7 Å². The van der Waals surface area contributed by atoms with Gasteiger partial charge in [0.25, 0.3) is 0 Å². The molecule has 2 aromatic carbocycles. The Hall–Kier alpha value is -2.96. The van der Waals surface area contributed by atoms with Crippen molar-refractivity contribution in [3.8, 4) is 0 Å². The van der Waals surface area contributed by atoms with Crippen LogP contribution in [0, 0.1) is 11.6 Å². The summed E-state index contributed by atoms with van der Waals surface area (Å²) in [6.07, 6.45) is 0.970. The highest BCUT2D eigenvalue weighted by molar-refractivity contribution is 5.88. The van der Waals surface area contributed by atoms with Crippen molar-refractivity contribution in [1.82, 2.24) is 10.2 Å². The van der Waals surface area contributed by atoms with E-state index in [0.717, 1.165) is 11.1 Å². The van der Waals surface area contributed by atoms with Gasteiger partial charge in [0.1, 0.15) is 17.2 Å². The van der Waals surface area contributed by atoms with Crippen molar-refractivity contribution in [3.63, 3.8) is 0 Å². The Kier molecular flexibility index (Phi) is 7.16. The van der Waals surface area contributed by atoms with Crippen LogP contribution < -0.4 is 5.32 Å². The molecule has 1 aliphatic heterocycles. The van der Waals surface area contributed by atoms with E-state index in [0.29, 0.717) is 38.9 Å². The lowest BCUT2D eigenvalue weighted by molar-refractivity contribution is -0.128. The fourth-order valence-corrected chi connectivity index (χ4v) is 3.95. The predicted octanol–water partition coefficient (Wildman–Crippen LogP) is 4.59. The van der Waals surface area contributed by atoms with Gasteiger partial charge >= 0.3 is 6.09 Å². The standard InChI is InChI=1S/C25H30F2N2O3/c1-24(2,3)32-23(31)29-16-13-25(14-17-29,19-6-10-21(27)11-7-19)22(30)28-15-12-18-4-8-20(26)9-5-18/h4-11H,12-17H2,1-3H3,(H,28,30). The summed E-state index contributed by atoms with van der Waals surface area (Å²) in [7, 11) is 0. The van der Waals surface area contributed by atoms with Gasteiger partial charge in [-0.05, 0) is 75.4 Å². The number of hydrogen-bond donors (Lipinski definition) is 1. The Morgan fingerprint density at radius 2 is 1.50 bits per heavy atom. The van der Waals surface area contributed by atoms with Gasteiger partial charge in [-0.3, -0.25) is 4.79 Å². The Labute approximate surface area is 187 Å². The number of hydrogen-bond acceptors (Lipinski definition) is 3. The monoisotopic (exact) mass is 444 g/mol. The SMILES string of the molecule is CC(C)(C)OC(=O)N1CCC(C(=O)NCCc2ccc(F)cc2)(c2ccc(F)cc2)CC1. The molecule has 32 heavy (non-hydrogen) atoms. The van der Waals surface area contributed by atoms with Gasteiger partial charge in [-0.1, -0.05) is 24.3 Å². The number of rotatable bonds is 5. The predicted molar refractivity (Wildman–Crippen MR) is 118 cm³/mol. The topological polar surface area (TPSA) is 58.6 Å². The first-order valence-corrected chi connectivity index (χ1v) is 10.9. The molecule has 0 atom stereocenters. The molecule has 1 saturated heterocycles. The van der Waals surface area contributed by atoms with E-state index in [1.54, 1.807) is 29.2 Å². The van der Waals surface area contributed by atoms with E-state index < -0.39 is 17.1 Å². The van der Waals surface area contributed by atoms with Crippen molar-refractivity contribution < 1.29 is 23.1 Å². The maximum Gasteiger partial charge on any atom is 0.410 e. The van der Waals surface area contributed by atoms with Crippen LogP contribution in [0.15, 0.2) is 48.5 Å². The van der Waals surface area contributed by atoms with Gasteiger partial charge in [0, 0.05) is 19.6 Å². The van der Waals surface area contributed by atoms with Gasteiger partial charge in [-0.15, -0.1) is 0 Å². The van der Waals surface area contributed by atoms with E-state index >= 15 is 0 Å². The molecule has 7 heteroatoms. The first-order chi connectivity index (χ1) is 15.1. The first kappa shape index (κ1) is 23.7. The lowest BCUT2D eigenvalue weighted by Gasteiger charge is -2.41. The quantitative estimate of drug-likeness (QED) is 0.734. The van der Waals surface area contributed by atoms with Gasteiger partial charge in [0.2, 0.25) is 5.91 Å². The largest absolute Gasteiger partial charge is 0.444 e. The number of carbonyl (C=O) groups is 2. The zero-order valence-corrected chi connectivity index (χ0v) is 18.8. The molecular formula is C25H30F2N2O3. The summed E-state index contributed by atoms with van der Waals surface area (Å²) >= 11 is 0. The molecule has 0 bridgehead atoms. The molecule has 2 amide bonds. The smallest absolute Gasteiger partial charge is 0.410 e. The number of nitrogens with one attached hydrogen (secondary N) is 1. The summed E-state index contributed by atoms with van der Waals surface area (Å²) in [4.78, 5) is 27.4. The second kappa shape index (κ2) is 9.67. The van der Waals surface area contributed by atoms with Crippen LogP contribution in [-0.4, -0.2) is 42.1 Å². The minimum absolute atomic E-state index is 0.157. The minimum Gasteiger partial charge on any atom is -0.444 e. The van der Waals surface area contributed by atoms with E-state index in [2.05, 4.69) is 5.32 Å². The van der Waals surface area contributed by atoms with Crippen molar-refractivity contribution in [3.05, 3.63) is 71.3 Å². The van der Waals surface area contributed by atoms with Crippen LogP contribution in [0.2, 0.25) is 0 Å². The molecule has 0 saturated carbocycles. The number of benzene rings is 2. The molecule has 0 aliphatic carbocycles. The maximum absolute atomic E-state index is 13.5. The third-order valence-corrected chi connectivity index (χ3v) is 5.71. The number of carbonyl (C=O) groups excluding carboxylic acids is 2. The number of likely N-dealkylation sites (tertiary alicyclic amines) is 1. The maximum atomic E-state index is 13.5. The Morgan fingerprint density at radius 3 is 2.03 bits per heavy atom. The Morgan fingerprint density at radius 1 is 0.969 bits per heavy atom. The van der Waals surface area contributed by atoms with Gasteiger partial charge < -0.3 is 15.0 Å². The molecule has 3 rings (SSSR count). The molecule has 5 nitrogen and oxygen atoms in total. The Bertz CT molecular complexity index is 929. The average molecular weight is 445 g/mol. The summed E-state index contributed by atoms with van der Waals surface area (Å²) in [5.41, 5.74) is 0.180. The van der Waals surface area contributed by atoms with Crippen LogP contribution in [0.25, 0.3) is 0 Å². The van der Waals surface area contributed by atoms with Crippen LogP contribution in [0.4, 0.5) is 13.6 Å². The van der Waals surface area contributed by atoms with Gasteiger partial charge in [-0.25, -0.2) is 13.6 Å². The summed E-state index contributed by atoms with van der Waals surface area (Å²) in [6, 6.07) is 12.1. The number of halogens is 2. The highest BCUT2D eigenvalue weighted by atomic mass is 19.1. The van der Waals surface area contributed by atoms with Crippen molar-refractivity contribution >= 4 is 12.0 Å². The van der Waals surface area contributed by atoms with Gasteiger partial charge in [-0.2, -0.15) is 0 Å². The van der Waals surface area contributed by atoms with Crippen molar-refractivity contribution in [1.29, 1.82) is 0 Å². The number of nitrogens with zero attached hydrogens (tertiary/aromatic N) is 1. The van der Waals surface area contributed by atoms with E-state index in [-0.39, 0.29) is 17.5 Å². The molecule has 1 aliphatic rings. The average Bonchev–Trinajstić information content (AvgIpc) is 2.74. The molecular weight excluding hydrogens is 414 g/mol. The fraction of sp³-hybridized carbons (Fsp3) is 0.440. The third-order valence-electron chi connectivity index (χ3n) is 5.71. The van der Waals surface area contributed by atoms with Crippen LogP contribution in [-0.2, 0) is 21.4 Å². The zero-order valence-electron chi connectivity index (χ0n) is 18.8. The van der Waals surface area contributed by atoms with Crippen molar-refractivity contribution in [2.45, 2.75) is 51.0 Å². The normalized spacial score (nSPS) is 15.8. The third kappa shape index (κ3) is 5.84. The van der Waals surface area contributed by atoms with E-state index in [9.17, 15) is 18.4 Å². The van der Waals surface area contributed by atoms with E-state index in [1.807, 2.05) is 20.8 Å². The number of amides is 2. The second-order valence-corrected chi connectivity index (χ2v) is 9.19. The molecule has 1 N–H and O–H groups in total. The molecule has 0 spiro atoms. The van der Waals surface area contributed by atoms with Crippen LogP contribution >= 0.6 is 0 Å². The second-order valence-electron chi connectivity index (χ2n) is 9.19. The lowest BCUT2D eigenvalue weighted by atomic mass is 9.72. The van der Waals surface area contributed by atoms with Crippen molar-refractivity contribution in [2.75, 3.05) is 19.6 Å². The summed E-state index contributed by atoms with van der Waals surface area (Å²) in [6.45, 7) is 6.54. The van der Waals surface area contributed by atoms with Crippen LogP contribution in [0.3, 0.4) is 0 Å². The Balaban J connectivity index is 1.71. The molecule has 0 radical (unpaired) electrons. The molecule has 0 aromatic heterocycles. The molecule has 1 heterocycles. The molecule has 1 fully saturated rings. The number of piperidine rings is 1. The molecule has 172 valence electrons. The van der Waals surface area contributed by atoms with Gasteiger partial charge in [0.05, 0.1) is 5.41 Å². The van der Waals surface area contributed by atoms with Crippen molar-refractivity contribution in [2.24, 2.45) is 0 Å². The molecule has 0 unspecified atom stereocenters. The summed E-state index contributed by atoms with van der Waals surface area (Å²) in [5.74, 6) is -0.827. The molecule has 2 aromatic rings. The minimum atomic E-state index is -0.866. The first-order valence-electron chi connectivity index (χ1n) is 10.9. The van der Waals surface area contributed by atoms with E-state index in [1.165, 1.54) is 24.3 Å². The highest BCUT2D eigenvalue weighted by Crippen LogP contribution is 2.36. The van der Waals surface area contributed by atoms with E-state index in [4.69, 9.17) is 4.74 Å². The zero-order chi connectivity index (χ0) is 23.4.